The Hall–Kier alpha value is -1.02. The molecule has 0 aromatic heterocycles. The summed E-state index contributed by atoms with van der Waals surface area (Å²) in [6.45, 7) is 9.02. The lowest BCUT2D eigenvalue weighted by atomic mass is 9.87. The van der Waals surface area contributed by atoms with Gasteiger partial charge in [0.05, 0.1) is 7.11 Å². The molecule has 0 spiro atoms. The van der Waals surface area contributed by atoms with Crippen LogP contribution in [0.4, 0.5) is 0 Å². The molecular formula is C17H27NO. The Morgan fingerprint density at radius 2 is 1.84 bits per heavy atom. The molecular weight excluding hydrogens is 234 g/mol. The Morgan fingerprint density at radius 1 is 1.16 bits per heavy atom. The smallest absolute Gasteiger partial charge is 0.122 e. The molecule has 0 radical (unpaired) electrons. The van der Waals surface area contributed by atoms with Crippen LogP contribution in [-0.4, -0.2) is 20.2 Å². The zero-order chi connectivity index (χ0) is 13.8. The molecule has 0 saturated carbocycles. The number of nitrogens with one attached hydrogen (secondary N) is 1. The molecule has 0 atom stereocenters. The first-order valence-corrected chi connectivity index (χ1v) is 7.48. The molecule has 2 rings (SSSR count). The van der Waals surface area contributed by atoms with Crippen LogP contribution in [0.25, 0.3) is 0 Å². The predicted octanol–water partition coefficient (Wildman–Crippen LogP) is 3.55. The highest BCUT2D eigenvalue weighted by Crippen LogP contribution is 2.29. The van der Waals surface area contributed by atoms with Crippen molar-refractivity contribution in [2.45, 2.75) is 46.5 Å². The molecule has 1 aliphatic heterocycles. The van der Waals surface area contributed by atoms with Gasteiger partial charge in [0.1, 0.15) is 5.75 Å². The minimum atomic E-state index is 0.905. The number of rotatable bonds is 4. The van der Waals surface area contributed by atoms with Crippen LogP contribution in [0.2, 0.25) is 0 Å². The van der Waals surface area contributed by atoms with Crippen molar-refractivity contribution in [2.75, 3.05) is 20.2 Å². The van der Waals surface area contributed by atoms with E-state index in [1.165, 1.54) is 61.0 Å². The average molecular weight is 261 g/mol. The maximum Gasteiger partial charge on any atom is 0.122 e. The first-order chi connectivity index (χ1) is 9.13. The molecule has 1 aromatic carbocycles. The summed E-state index contributed by atoms with van der Waals surface area (Å²) >= 11 is 0. The molecule has 2 heteroatoms. The van der Waals surface area contributed by atoms with Crippen LogP contribution in [0.5, 0.6) is 5.75 Å². The van der Waals surface area contributed by atoms with E-state index in [0.717, 1.165) is 11.7 Å². The van der Waals surface area contributed by atoms with Gasteiger partial charge in [0.2, 0.25) is 0 Å². The van der Waals surface area contributed by atoms with Crippen LogP contribution in [0.1, 0.15) is 41.5 Å². The second-order valence-corrected chi connectivity index (χ2v) is 5.86. The van der Waals surface area contributed by atoms with E-state index in [4.69, 9.17) is 4.74 Å². The molecule has 106 valence electrons. The number of piperidine rings is 1. The topological polar surface area (TPSA) is 21.3 Å². The van der Waals surface area contributed by atoms with Gasteiger partial charge in [-0.25, -0.2) is 0 Å². The molecule has 2 nitrogen and oxygen atoms in total. The standard InChI is InChI=1S/C17H27NO/c1-12-11-17(19-4)14(3)13(2)16(12)6-5-15-7-9-18-10-8-15/h11,15,18H,5-10H2,1-4H3. The van der Waals surface area contributed by atoms with Crippen molar-refractivity contribution in [3.05, 3.63) is 28.3 Å². The van der Waals surface area contributed by atoms with Gasteiger partial charge in [0.15, 0.2) is 0 Å². The van der Waals surface area contributed by atoms with Crippen LogP contribution in [0, 0.1) is 26.7 Å². The van der Waals surface area contributed by atoms with E-state index < -0.39 is 0 Å². The van der Waals surface area contributed by atoms with Gasteiger partial charge >= 0.3 is 0 Å². The molecule has 1 aliphatic rings. The Kier molecular flexibility index (Phi) is 4.87. The highest BCUT2D eigenvalue weighted by Gasteiger charge is 2.15. The summed E-state index contributed by atoms with van der Waals surface area (Å²) in [5, 5.41) is 3.44. The molecule has 0 bridgehead atoms. The van der Waals surface area contributed by atoms with Gasteiger partial charge in [-0.15, -0.1) is 0 Å². The molecule has 1 aromatic rings. The van der Waals surface area contributed by atoms with E-state index in [9.17, 15) is 0 Å². The van der Waals surface area contributed by atoms with Gasteiger partial charge < -0.3 is 10.1 Å². The van der Waals surface area contributed by atoms with Crippen molar-refractivity contribution in [3.8, 4) is 5.75 Å². The molecule has 0 aliphatic carbocycles. The Balaban J connectivity index is 2.09. The number of benzene rings is 1. The lowest BCUT2D eigenvalue weighted by molar-refractivity contribution is 0.354. The van der Waals surface area contributed by atoms with Gasteiger partial charge in [-0.3, -0.25) is 0 Å². The van der Waals surface area contributed by atoms with Crippen molar-refractivity contribution in [3.63, 3.8) is 0 Å². The summed E-state index contributed by atoms with van der Waals surface area (Å²) in [6, 6.07) is 2.19. The van der Waals surface area contributed by atoms with Gasteiger partial charge in [-0.2, -0.15) is 0 Å². The third-order valence-corrected chi connectivity index (χ3v) is 4.69. The summed E-state index contributed by atoms with van der Waals surface area (Å²) in [5.74, 6) is 1.93. The van der Waals surface area contributed by atoms with Gasteiger partial charge in [0.25, 0.3) is 0 Å². The van der Waals surface area contributed by atoms with Crippen molar-refractivity contribution in [2.24, 2.45) is 5.92 Å². The number of hydrogen-bond donors (Lipinski definition) is 1. The first kappa shape index (κ1) is 14.4. The molecule has 0 amide bonds. The third-order valence-electron chi connectivity index (χ3n) is 4.69. The fourth-order valence-electron chi connectivity index (χ4n) is 3.21. The fourth-order valence-corrected chi connectivity index (χ4v) is 3.21. The SMILES string of the molecule is COc1cc(C)c(CCC2CCNCC2)c(C)c1C. The lowest BCUT2D eigenvalue weighted by Crippen LogP contribution is -2.28. The van der Waals surface area contributed by atoms with E-state index in [-0.39, 0.29) is 0 Å². The number of methoxy groups -OCH3 is 1. The summed E-state index contributed by atoms with van der Waals surface area (Å²) in [4.78, 5) is 0. The van der Waals surface area contributed by atoms with Crippen LogP contribution in [0.3, 0.4) is 0 Å². The second kappa shape index (κ2) is 6.42. The maximum absolute atomic E-state index is 5.45. The third kappa shape index (κ3) is 3.30. The highest BCUT2D eigenvalue weighted by molar-refractivity contribution is 5.48. The molecule has 1 N–H and O–H groups in total. The molecule has 1 fully saturated rings. The van der Waals surface area contributed by atoms with Crippen LogP contribution in [0.15, 0.2) is 6.07 Å². The molecule has 1 saturated heterocycles. The lowest BCUT2D eigenvalue weighted by Gasteiger charge is -2.23. The van der Waals surface area contributed by atoms with E-state index >= 15 is 0 Å². The zero-order valence-corrected chi connectivity index (χ0v) is 12.8. The van der Waals surface area contributed by atoms with E-state index in [2.05, 4.69) is 32.2 Å². The summed E-state index contributed by atoms with van der Waals surface area (Å²) in [6.07, 6.45) is 5.22. The maximum atomic E-state index is 5.45. The number of aryl methyl sites for hydroxylation is 1. The summed E-state index contributed by atoms with van der Waals surface area (Å²) in [7, 11) is 1.76. The fraction of sp³-hybridized carbons (Fsp3) is 0.647. The molecule has 1 heterocycles. The van der Waals surface area contributed by atoms with Crippen LogP contribution in [-0.2, 0) is 6.42 Å². The van der Waals surface area contributed by atoms with Crippen LogP contribution < -0.4 is 10.1 Å². The largest absolute Gasteiger partial charge is 0.496 e. The summed E-state index contributed by atoms with van der Waals surface area (Å²) < 4.78 is 5.45. The minimum absolute atomic E-state index is 0.905. The van der Waals surface area contributed by atoms with Gasteiger partial charge in [-0.1, -0.05) is 0 Å². The quantitative estimate of drug-likeness (QED) is 0.895. The zero-order valence-electron chi connectivity index (χ0n) is 12.8. The average Bonchev–Trinajstić information content (AvgIpc) is 2.44. The second-order valence-electron chi connectivity index (χ2n) is 5.86. The van der Waals surface area contributed by atoms with Gasteiger partial charge in [-0.05, 0) is 93.8 Å². The molecule has 19 heavy (non-hydrogen) atoms. The minimum Gasteiger partial charge on any atom is -0.496 e. The predicted molar refractivity (Wildman–Crippen MR) is 81.1 cm³/mol. The van der Waals surface area contributed by atoms with Crippen molar-refractivity contribution in [1.29, 1.82) is 0 Å². The Bertz CT molecular complexity index is 433. The summed E-state index contributed by atoms with van der Waals surface area (Å²) in [5.41, 5.74) is 5.64. The van der Waals surface area contributed by atoms with Crippen molar-refractivity contribution in [1.82, 2.24) is 5.32 Å². The van der Waals surface area contributed by atoms with E-state index in [1.807, 2.05) is 0 Å². The van der Waals surface area contributed by atoms with Crippen molar-refractivity contribution >= 4 is 0 Å². The Labute approximate surface area is 117 Å². The van der Waals surface area contributed by atoms with Crippen molar-refractivity contribution < 1.29 is 4.74 Å². The van der Waals surface area contributed by atoms with Gasteiger partial charge in [0, 0.05) is 0 Å². The number of ether oxygens (including phenoxy) is 1. The highest BCUT2D eigenvalue weighted by atomic mass is 16.5. The first-order valence-electron chi connectivity index (χ1n) is 7.48. The van der Waals surface area contributed by atoms with E-state index in [1.54, 1.807) is 7.11 Å². The monoisotopic (exact) mass is 261 g/mol. The Morgan fingerprint density at radius 3 is 2.47 bits per heavy atom. The number of hydrogen-bond acceptors (Lipinski definition) is 2. The normalized spacial score (nSPS) is 16.6. The van der Waals surface area contributed by atoms with Crippen LogP contribution >= 0.6 is 0 Å². The van der Waals surface area contributed by atoms with E-state index in [0.29, 0.717) is 0 Å². The molecule has 0 unspecified atom stereocenters.